The van der Waals surface area contributed by atoms with E-state index in [1.54, 1.807) is 36.4 Å². The van der Waals surface area contributed by atoms with Gasteiger partial charge >= 0.3 is 0 Å². The molecule has 0 aliphatic carbocycles. The first-order valence-corrected chi connectivity index (χ1v) is 6.89. The van der Waals surface area contributed by atoms with Crippen LogP contribution in [0.1, 0.15) is 12.8 Å². The fourth-order valence-corrected chi connectivity index (χ4v) is 1.87. The maximum absolute atomic E-state index is 9.15. The molecule has 8 heteroatoms. The van der Waals surface area contributed by atoms with Crippen molar-refractivity contribution in [2.45, 2.75) is 13.3 Å². The Morgan fingerprint density at radius 2 is 1.96 bits per heavy atom. The summed E-state index contributed by atoms with van der Waals surface area (Å²) in [6, 6.07) is 10.1. The number of hydrogen-bond donors (Lipinski definition) is 1. The highest BCUT2D eigenvalue weighted by molar-refractivity contribution is 5.71. The Bertz CT molecular complexity index is 892. The first-order valence-electron chi connectivity index (χ1n) is 6.89. The summed E-state index contributed by atoms with van der Waals surface area (Å²) in [6.07, 6.45) is 0.614. The maximum Gasteiger partial charge on any atom is 0.247 e. The van der Waals surface area contributed by atoms with E-state index < -0.39 is 0 Å². The number of nitrogens with zero attached hydrogens (tertiary/aromatic N) is 5. The van der Waals surface area contributed by atoms with E-state index in [0.717, 1.165) is 0 Å². The lowest BCUT2D eigenvalue weighted by atomic mass is 10.1. The third kappa shape index (κ3) is 3.32. The van der Waals surface area contributed by atoms with Gasteiger partial charge in [0.05, 0.1) is 12.8 Å². The highest BCUT2D eigenvalue weighted by atomic mass is 16.5. The average molecular weight is 320 g/mol. The van der Waals surface area contributed by atoms with Crippen LogP contribution in [0.25, 0.3) is 11.5 Å². The highest BCUT2D eigenvalue weighted by Gasteiger charge is 2.14. The molecular weight excluding hydrogens is 308 g/mol. The third-order valence-corrected chi connectivity index (χ3v) is 3.06. The second kappa shape index (κ2) is 7.44. The van der Waals surface area contributed by atoms with Crippen molar-refractivity contribution >= 4 is 5.69 Å². The molecule has 0 fully saturated rings. The summed E-state index contributed by atoms with van der Waals surface area (Å²) < 4.78 is 10.7. The molecular formula is C16H12N6O2. The predicted octanol–water partition coefficient (Wildman–Crippen LogP) is 2.54. The van der Waals surface area contributed by atoms with Gasteiger partial charge in [0.2, 0.25) is 11.8 Å². The lowest BCUT2D eigenvalue weighted by Crippen LogP contribution is -2.02. The molecule has 118 valence electrons. The quantitative estimate of drug-likeness (QED) is 0.831. The summed E-state index contributed by atoms with van der Waals surface area (Å²) in [5.41, 5.74) is 0.510. The zero-order valence-corrected chi connectivity index (χ0v) is 13.0. The molecule has 24 heavy (non-hydrogen) atoms. The number of anilines is 1. The molecule has 0 unspecified atom stereocenters. The van der Waals surface area contributed by atoms with Gasteiger partial charge in [0.25, 0.3) is 0 Å². The van der Waals surface area contributed by atoms with Gasteiger partial charge in [0, 0.05) is 12.0 Å². The van der Waals surface area contributed by atoms with Crippen LogP contribution in [0.2, 0.25) is 0 Å². The monoisotopic (exact) mass is 320 g/mol. The molecule has 2 rings (SSSR count). The Balaban J connectivity index is 2.48. The second-order valence-corrected chi connectivity index (χ2v) is 4.48. The van der Waals surface area contributed by atoms with E-state index in [1.165, 1.54) is 7.11 Å². The molecule has 1 aromatic heterocycles. The molecule has 0 radical (unpaired) electrons. The molecule has 0 aliphatic rings. The third-order valence-electron chi connectivity index (χ3n) is 3.06. The Morgan fingerprint density at radius 1 is 1.21 bits per heavy atom. The fraction of sp³-hybridized carbons (Fsp3) is 0.188. The van der Waals surface area contributed by atoms with Crippen molar-refractivity contribution in [3.05, 3.63) is 35.4 Å². The topological polar surface area (TPSA) is 132 Å². The second-order valence-electron chi connectivity index (χ2n) is 4.48. The summed E-state index contributed by atoms with van der Waals surface area (Å²) in [7, 11) is 1.47. The molecule has 1 aromatic carbocycles. The molecule has 2 aromatic rings. The maximum atomic E-state index is 9.15. The van der Waals surface area contributed by atoms with Gasteiger partial charge in [-0.05, 0) is 18.2 Å². The van der Waals surface area contributed by atoms with Crippen LogP contribution in [0.5, 0.6) is 5.75 Å². The van der Waals surface area contributed by atoms with Gasteiger partial charge < -0.3 is 14.5 Å². The van der Waals surface area contributed by atoms with Crippen LogP contribution in [0.3, 0.4) is 0 Å². The largest absolute Gasteiger partial charge is 0.495 e. The lowest BCUT2D eigenvalue weighted by molar-refractivity contribution is 0.416. The van der Waals surface area contributed by atoms with Crippen LogP contribution in [-0.2, 0) is 6.42 Å². The van der Waals surface area contributed by atoms with Gasteiger partial charge in [0.15, 0.2) is 5.57 Å². The Labute approximate surface area is 138 Å². The van der Waals surface area contributed by atoms with E-state index in [4.69, 9.17) is 24.9 Å². The van der Waals surface area contributed by atoms with Gasteiger partial charge in [-0.25, -0.2) is 0 Å². The van der Waals surface area contributed by atoms with Crippen LogP contribution in [0, 0.1) is 34.0 Å². The Kier molecular flexibility index (Phi) is 5.13. The van der Waals surface area contributed by atoms with E-state index in [2.05, 4.69) is 15.5 Å². The Morgan fingerprint density at radius 3 is 2.50 bits per heavy atom. The molecule has 0 bridgehead atoms. The molecule has 0 saturated heterocycles. The van der Waals surface area contributed by atoms with Gasteiger partial charge in [-0.2, -0.15) is 15.8 Å². The standard InChI is InChI=1S/C16H12N6O2/c1-3-15-21-22-16(24-15)10-4-5-14(23-2)12(6-10)20-13(9-19)11(7-17)8-18/h4-6,20H,3H2,1-2H3. The molecule has 1 N–H and O–H groups in total. The Hall–Kier alpha value is -3.83. The van der Waals surface area contributed by atoms with Gasteiger partial charge in [-0.1, -0.05) is 6.92 Å². The number of ether oxygens (including phenoxy) is 1. The number of allylic oxidation sites excluding steroid dienone is 2. The summed E-state index contributed by atoms with van der Waals surface area (Å²) in [5, 5.41) is 37.6. The number of nitriles is 3. The van der Waals surface area contributed by atoms with Crippen LogP contribution in [0.4, 0.5) is 5.69 Å². The van der Waals surface area contributed by atoms with E-state index >= 15 is 0 Å². The SMILES string of the molecule is CCc1nnc(-c2ccc(OC)c(NC(C#N)=C(C#N)C#N)c2)o1. The van der Waals surface area contributed by atoms with Crippen molar-refractivity contribution in [3.63, 3.8) is 0 Å². The summed E-state index contributed by atoms with van der Waals surface area (Å²) in [6.45, 7) is 1.90. The number of benzene rings is 1. The molecule has 0 atom stereocenters. The molecule has 8 nitrogen and oxygen atoms in total. The number of aromatic nitrogens is 2. The molecule has 0 amide bonds. The minimum atomic E-state index is -0.323. The van der Waals surface area contributed by atoms with E-state index in [1.807, 2.05) is 6.92 Å². The summed E-state index contributed by atoms with van der Waals surface area (Å²) in [4.78, 5) is 0. The minimum absolute atomic E-state index is 0.171. The number of rotatable bonds is 5. The van der Waals surface area contributed by atoms with Crippen molar-refractivity contribution in [2.24, 2.45) is 0 Å². The van der Waals surface area contributed by atoms with Crippen molar-refractivity contribution < 1.29 is 9.15 Å². The van der Waals surface area contributed by atoms with Crippen molar-refractivity contribution in [1.29, 1.82) is 15.8 Å². The van der Waals surface area contributed by atoms with Gasteiger partial charge in [-0.15, -0.1) is 10.2 Å². The average Bonchev–Trinajstić information content (AvgIpc) is 3.10. The summed E-state index contributed by atoms with van der Waals surface area (Å²) in [5.74, 6) is 1.25. The number of methoxy groups -OCH3 is 1. The first-order chi connectivity index (χ1) is 11.7. The number of hydrogen-bond acceptors (Lipinski definition) is 8. The van der Waals surface area contributed by atoms with Crippen LogP contribution < -0.4 is 10.1 Å². The smallest absolute Gasteiger partial charge is 0.247 e. The molecule has 0 spiro atoms. The minimum Gasteiger partial charge on any atom is -0.495 e. The van der Waals surface area contributed by atoms with Crippen molar-refractivity contribution in [1.82, 2.24) is 10.2 Å². The highest BCUT2D eigenvalue weighted by Crippen LogP contribution is 2.31. The predicted molar refractivity (Wildman–Crippen MR) is 83.2 cm³/mol. The molecule has 0 saturated carbocycles. The van der Waals surface area contributed by atoms with E-state index in [9.17, 15) is 0 Å². The fourth-order valence-electron chi connectivity index (χ4n) is 1.87. The zero-order valence-electron chi connectivity index (χ0n) is 13.0. The van der Waals surface area contributed by atoms with Crippen molar-refractivity contribution in [3.8, 4) is 35.4 Å². The number of nitrogens with one attached hydrogen (secondary N) is 1. The number of aryl methyl sites for hydroxylation is 1. The van der Waals surface area contributed by atoms with Crippen LogP contribution in [-0.4, -0.2) is 17.3 Å². The normalized spacial score (nSPS) is 9.29. The van der Waals surface area contributed by atoms with E-state index in [0.29, 0.717) is 35.2 Å². The summed E-state index contributed by atoms with van der Waals surface area (Å²) >= 11 is 0. The van der Waals surface area contributed by atoms with Gasteiger partial charge in [0.1, 0.15) is 29.7 Å². The van der Waals surface area contributed by atoms with Crippen LogP contribution >= 0.6 is 0 Å². The molecule has 1 heterocycles. The van der Waals surface area contributed by atoms with Gasteiger partial charge in [-0.3, -0.25) is 0 Å². The zero-order chi connectivity index (χ0) is 17.5. The molecule has 0 aliphatic heterocycles. The van der Waals surface area contributed by atoms with Crippen molar-refractivity contribution in [2.75, 3.05) is 12.4 Å². The first kappa shape index (κ1) is 16.5. The van der Waals surface area contributed by atoms with Crippen LogP contribution in [0.15, 0.2) is 33.9 Å². The van der Waals surface area contributed by atoms with E-state index in [-0.39, 0.29) is 11.3 Å². The lowest BCUT2D eigenvalue weighted by Gasteiger charge is -2.11.